The van der Waals surface area contributed by atoms with Crippen LogP contribution in [0.1, 0.15) is 57.7 Å². The molecule has 0 aliphatic rings. The van der Waals surface area contributed by atoms with Crippen molar-refractivity contribution in [3.8, 4) is 85.2 Å². The Balaban J connectivity index is 1.13. The number of benzene rings is 7. The Kier molecular flexibility index (Phi) is 11.8. The first-order chi connectivity index (χ1) is 39.2. The van der Waals surface area contributed by atoms with Gasteiger partial charge in [-0.25, -0.2) is 64.7 Å². The van der Waals surface area contributed by atoms with E-state index in [2.05, 4.69) is 125 Å². The molecule has 0 atom stereocenters. The summed E-state index contributed by atoms with van der Waals surface area (Å²) >= 11 is 0. The molecule has 16 nitrogen and oxygen atoms in total. The average molecular weight is 1050 g/mol. The molecule has 6 heterocycles. The summed E-state index contributed by atoms with van der Waals surface area (Å²) in [5.41, 5.74) is 13.9. The number of hydrogen-bond donors (Lipinski definition) is 0. The predicted molar refractivity (Wildman–Crippen MR) is 315 cm³/mol. The van der Waals surface area contributed by atoms with E-state index >= 15 is 0 Å². The van der Waals surface area contributed by atoms with E-state index < -0.39 is 0 Å². The highest BCUT2D eigenvalue weighted by Crippen LogP contribution is 2.47. The molecule has 16 heteroatoms. The third-order valence-electron chi connectivity index (χ3n) is 14.6. The first-order valence-corrected chi connectivity index (χ1v) is 26.3. The van der Waals surface area contributed by atoms with Crippen LogP contribution < -0.4 is 0 Å². The number of fused-ring (bicyclic) bond motifs is 6. The van der Waals surface area contributed by atoms with E-state index in [1.807, 2.05) is 105 Å². The Hall–Kier alpha value is -10.8. The van der Waals surface area contributed by atoms with Gasteiger partial charge in [-0.2, -0.15) is 5.26 Å². The van der Waals surface area contributed by atoms with E-state index in [1.165, 1.54) is 0 Å². The quantitative estimate of drug-likeness (QED) is 0.131. The van der Waals surface area contributed by atoms with Gasteiger partial charge in [0.1, 0.15) is 46.6 Å². The standard InChI is InChI=1S/C65H48N16/c1-33-26-42(32-66)14-20-48(33)43-15-21-59(80-55-22-16-44(62-72-34(2)68-35(3)73-62)28-49(55)50-29-45(17-23-56(50)80)63-74-36(4)69-37(5)75-63)53(27-43)61-54(67-10)12-11-13-60(61)81-57-24-18-46(64-76-38(6)70-39(7)77-64)30-51(57)52-31-47(19-25-58(52)81)65-78-40(8)71-41(9)79-65/h11-31H,1-9H3. The van der Waals surface area contributed by atoms with E-state index in [4.69, 9.17) is 46.4 Å². The largest absolute Gasteiger partial charge is 0.310 e. The molecule has 0 saturated carbocycles. The fourth-order valence-electron chi connectivity index (χ4n) is 11.3. The van der Waals surface area contributed by atoms with Gasteiger partial charge in [0, 0.05) is 55.0 Å². The summed E-state index contributed by atoms with van der Waals surface area (Å²) in [4.78, 5) is 60.4. The molecule has 13 aromatic rings. The van der Waals surface area contributed by atoms with Crippen molar-refractivity contribution in [1.82, 2.24) is 68.9 Å². The molecule has 7 aromatic carbocycles. The van der Waals surface area contributed by atoms with Gasteiger partial charge in [-0.05, 0) is 188 Å². The Morgan fingerprint density at radius 2 is 0.741 bits per heavy atom. The van der Waals surface area contributed by atoms with Crippen LogP contribution in [0, 0.1) is 80.2 Å². The van der Waals surface area contributed by atoms with Crippen LogP contribution in [0.2, 0.25) is 0 Å². The zero-order valence-electron chi connectivity index (χ0n) is 45.8. The van der Waals surface area contributed by atoms with Crippen LogP contribution >= 0.6 is 0 Å². The van der Waals surface area contributed by atoms with E-state index in [9.17, 15) is 5.26 Å². The van der Waals surface area contributed by atoms with Gasteiger partial charge in [-0.3, -0.25) is 0 Å². The molecule has 0 fully saturated rings. The molecule has 0 N–H and O–H groups in total. The lowest BCUT2D eigenvalue weighted by molar-refractivity contribution is 0.928. The molecule has 0 saturated heterocycles. The van der Waals surface area contributed by atoms with Crippen LogP contribution in [0.4, 0.5) is 5.69 Å². The zero-order valence-corrected chi connectivity index (χ0v) is 45.8. The van der Waals surface area contributed by atoms with Gasteiger partial charge in [0.25, 0.3) is 0 Å². The molecular formula is C65H48N16. The minimum atomic E-state index is 0.449. The van der Waals surface area contributed by atoms with Crippen molar-refractivity contribution >= 4 is 49.3 Å². The molecule has 0 bridgehead atoms. The highest BCUT2D eigenvalue weighted by atomic mass is 15.1. The second kappa shape index (κ2) is 19.3. The van der Waals surface area contributed by atoms with Crippen LogP contribution in [0.5, 0.6) is 0 Å². The molecule has 0 spiro atoms. The summed E-state index contributed by atoms with van der Waals surface area (Å²) in [7, 11) is 0. The lowest BCUT2D eigenvalue weighted by Gasteiger charge is -2.21. The second-order valence-corrected chi connectivity index (χ2v) is 20.3. The van der Waals surface area contributed by atoms with Crippen molar-refractivity contribution in [2.24, 2.45) is 0 Å². The maximum absolute atomic E-state index is 9.94. The number of nitrogens with zero attached hydrogens (tertiary/aromatic N) is 16. The fourth-order valence-corrected chi connectivity index (χ4v) is 11.3. The lowest BCUT2D eigenvalue weighted by atomic mass is 9.92. The Labute approximate surface area is 465 Å². The van der Waals surface area contributed by atoms with Crippen LogP contribution in [-0.2, 0) is 0 Å². The fraction of sp³-hybridized carbons (Fsp3) is 0.138. The molecule has 6 aromatic heterocycles. The minimum Gasteiger partial charge on any atom is -0.310 e. The summed E-state index contributed by atoms with van der Waals surface area (Å²) in [6.07, 6.45) is 0. The first kappa shape index (κ1) is 49.7. The maximum atomic E-state index is 9.94. The SMILES string of the molecule is [C-]#[N+]c1cccc(-n2c3ccc(-c4nc(C)nc(C)n4)cc3c3cc(-c4nc(C)nc(C)n4)ccc32)c1-c1cc(-c2ccc(C#N)cc2C)ccc1-n1c2ccc(-c3nc(C)nc(C)n3)cc2c2cc(-c3nc(C)nc(C)n3)ccc21. The average Bonchev–Trinajstić information content (AvgIpc) is 4.00. The van der Waals surface area contributed by atoms with Gasteiger partial charge in [0.15, 0.2) is 29.0 Å². The molecule has 0 aliphatic heterocycles. The summed E-state index contributed by atoms with van der Waals surface area (Å²) < 4.78 is 4.53. The first-order valence-electron chi connectivity index (χ1n) is 26.3. The second-order valence-electron chi connectivity index (χ2n) is 20.3. The number of hydrogen-bond acceptors (Lipinski definition) is 13. The number of nitriles is 1. The monoisotopic (exact) mass is 1050 g/mol. The van der Waals surface area contributed by atoms with E-state index in [1.54, 1.807) is 0 Å². The molecule has 0 amide bonds. The number of aryl methyl sites for hydroxylation is 9. The predicted octanol–water partition coefficient (Wildman–Crippen LogP) is 13.8. The zero-order chi connectivity index (χ0) is 56.0. The third-order valence-corrected chi connectivity index (χ3v) is 14.6. The van der Waals surface area contributed by atoms with Crippen molar-refractivity contribution in [2.45, 2.75) is 62.3 Å². The molecule has 81 heavy (non-hydrogen) atoms. The summed E-state index contributed by atoms with van der Waals surface area (Å²) in [5.74, 6) is 7.31. The van der Waals surface area contributed by atoms with Gasteiger partial charge in [-0.1, -0.05) is 24.3 Å². The molecule has 0 unspecified atom stereocenters. The number of aromatic nitrogens is 14. The van der Waals surface area contributed by atoms with Crippen molar-refractivity contribution in [3.05, 3.63) is 197 Å². The van der Waals surface area contributed by atoms with Crippen LogP contribution in [0.25, 0.3) is 128 Å². The van der Waals surface area contributed by atoms with E-state index in [0.717, 1.165) is 99.5 Å². The minimum absolute atomic E-state index is 0.449. The molecule has 0 aliphatic carbocycles. The van der Waals surface area contributed by atoms with E-state index in [0.29, 0.717) is 86.7 Å². The summed E-state index contributed by atoms with van der Waals surface area (Å²) in [6, 6.07) is 45.6. The number of rotatable bonds is 8. The highest BCUT2D eigenvalue weighted by Gasteiger charge is 2.26. The Morgan fingerprint density at radius 3 is 1.10 bits per heavy atom. The smallest absolute Gasteiger partial charge is 0.197 e. The normalized spacial score (nSPS) is 11.5. The van der Waals surface area contributed by atoms with Crippen LogP contribution in [-0.4, -0.2) is 68.9 Å². The lowest BCUT2D eigenvalue weighted by Crippen LogP contribution is -2.03. The molecule has 13 rings (SSSR count). The van der Waals surface area contributed by atoms with Crippen molar-refractivity contribution in [2.75, 3.05) is 0 Å². The molecule has 0 radical (unpaired) electrons. The van der Waals surface area contributed by atoms with Crippen molar-refractivity contribution in [1.29, 1.82) is 5.26 Å². The van der Waals surface area contributed by atoms with Crippen LogP contribution in [0.3, 0.4) is 0 Å². The summed E-state index contributed by atoms with van der Waals surface area (Å²) in [6.45, 7) is 26.0. The Bertz CT molecular complexity index is 4620. The van der Waals surface area contributed by atoms with Gasteiger partial charge < -0.3 is 9.13 Å². The molecular weight excluding hydrogens is 1000 g/mol. The van der Waals surface area contributed by atoms with Gasteiger partial charge in [0.05, 0.1) is 46.0 Å². The summed E-state index contributed by atoms with van der Waals surface area (Å²) in [5, 5.41) is 13.7. The topological polar surface area (TPSA) is 193 Å². The van der Waals surface area contributed by atoms with Crippen molar-refractivity contribution < 1.29 is 0 Å². The van der Waals surface area contributed by atoms with Gasteiger partial charge in [0.2, 0.25) is 0 Å². The van der Waals surface area contributed by atoms with Gasteiger partial charge >= 0.3 is 0 Å². The van der Waals surface area contributed by atoms with Crippen LogP contribution in [0.15, 0.2) is 127 Å². The third kappa shape index (κ3) is 8.72. The molecule has 388 valence electrons. The maximum Gasteiger partial charge on any atom is 0.197 e. The Morgan fingerprint density at radius 1 is 0.370 bits per heavy atom. The highest BCUT2D eigenvalue weighted by molar-refractivity contribution is 6.14. The van der Waals surface area contributed by atoms with Crippen molar-refractivity contribution in [3.63, 3.8) is 0 Å². The van der Waals surface area contributed by atoms with Gasteiger partial charge in [-0.15, -0.1) is 0 Å². The van der Waals surface area contributed by atoms with E-state index in [-0.39, 0.29) is 0 Å².